The molecule has 0 bridgehead atoms. The van der Waals surface area contributed by atoms with E-state index in [9.17, 15) is 14.0 Å². The average Bonchev–Trinajstić information content (AvgIpc) is 2.42. The summed E-state index contributed by atoms with van der Waals surface area (Å²) in [5, 5.41) is 3.08. The summed E-state index contributed by atoms with van der Waals surface area (Å²) in [7, 11) is 0. The molecule has 1 aliphatic heterocycles. The number of amides is 2. The van der Waals surface area contributed by atoms with E-state index < -0.39 is 34.7 Å². The number of likely N-dealkylation sites (tertiary alicyclic amines) is 1. The lowest BCUT2D eigenvalue weighted by Crippen LogP contribution is -2.69. The maximum absolute atomic E-state index is 14.2. The van der Waals surface area contributed by atoms with Crippen molar-refractivity contribution in [1.82, 2.24) is 10.2 Å². The van der Waals surface area contributed by atoms with Gasteiger partial charge in [0.2, 0.25) is 0 Å². The minimum atomic E-state index is -1.06. The fourth-order valence-corrected chi connectivity index (χ4v) is 3.29. The second-order valence-corrected chi connectivity index (χ2v) is 9.53. The number of nitrogens with one attached hydrogen (secondary N) is 1. The Bertz CT molecular complexity index is 778. The van der Waals surface area contributed by atoms with E-state index >= 15 is 0 Å². The molecule has 28 heavy (non-hydrogen) atoms. The minimum Gasteiger partial charge on any atom is -0.444 e. The molecule has 0 radical (unpaired) electrons. The number of rotatable bonds is 2. The maximum Gasteiger partial charge on any atom is 0.410 e. The molecule has 8 heteroatoms. The molecule has 0 saturated carbocycles. The van der Waals surface area contributed by atoms with E-state index in [4.69, 9.17) is 21.1 Å². The summed E-state index contributed by atoms with van der Waals surface area (Å²) in [5.41, 5.74) is -1.64. The van der Waals surface area contributed by atoms with E-state index in [1.165, 1.54) is 17.0 Å². The van der Waals surface area contributed by atoms with Crippen LogP contribution in [0.3, 0.4) is 0 Å². The van der Waals surface area contributed by atoms with Crippen molar-refractivity contribution in [1.29, 1.82) is 0 Å². The molecule has 2 rings (SSSR count). The number of hydrogen-bond acceptors (Lipinski definition) is 4. The van der Waals surface area contributed by atoms with Gasteiger partial charge in [0.1, 0.15) is 22.6 Å². The maximum atomic E-state index is 14.2. The van der Waals surface area contributed by atoms with Crippen molar-refractivity contribution in [2.75, 3.05) is 13.1 Å². The first kappa shape index (κ1) is 22.3. The number of alkyl carbamates (subject to hydrolysis) is 1. The standard InChI is InChI=1S/C20H28ClFN2O4/c1-12-8-14(21)13(9-15(12)22)20(23-16(25)27-18(2,3)4)10-24(11-20)17(26)28-19(5,6)7/h8-9H,10-11H2,1-7H3,(H,23,25). The van der Waals surface area contributed by atoms with Gasteiger partial charge in [-0.05, 0) is 66.2 Å². The van der Waals surface area contributed by atoms with Gasteiger partial charge in [-0.2, -0.15) is 0 Å². The van der Waals surface area contributed by atoms with Crippen LogP contribution >= 0.6 is 11.6 Å². The highest BCUT2D eigenvalue weighted by Gasteiger charge is 2.50. The van der Waals surface area contributed by atoms with E-state index in [0.29, 0.717) is 16.1 Å². The molecule has 1 heterocycles. The molecule has 0 spiro atoms. The van der Waals surface area contributed by atoms with Crippen LogP contribution in [0.1, 0.15) is 52.7 Å². The predicted molar refractivity (Wildman–Crippen MR) is 105 cm³/mol. The zero-order valence-corrected chi connectivity index (χ0v) is 18.2. The molecule has 0 unspecified atom stereocenters. The molecular weight excluding hydrogens is 387 g/mol. The summed E-state index contributed by atoms with van der Waals surface area (Å²) in [4.78, 5) is 26.2. The number of carbonyl (C=O) groups is 2. The van der Waals surface area contributed by atoms with E-state index in [1.54, 1.807) is 48.5 Å². The minimum absolute atomic E-state index is 0.0867. The lowest BCUT2D eigenvalue weighted by atomic mass is 9.82. The zero-order chi connectivity index (χ0) is 21.5. The molecule has 6 nitrogen and oxygen atoms in total. The molecule has 1 saturated heterocycles. The van der Waals surface area contributed by atoms with Gasteiger partial charge in [-0.25, -0.2) is 14.0 Å². The van der Waals surface area contributed by atoms with Crippen LogP contribution in [-0.4, -0.2) is 41.4 Å². The van der Waals surface area contributed by atoms with Crippen LogP contribution in [0.4, 0.5) is 14.0 Å². The number of carbonyl (C=O) groups excluding carboxylic acids is 2. The molecule has 1 N–H and O–H groups in total. The number of halogens is 2. The molecule has 0 atom stereocenters. The second-order valence-electron chi connectivity index (χ2n) is 9.13. The van der Waals surface area contributed by atoms with Crippen molar-refractivity contribution in [2.45, 2.75) is 65.2 Å². The average molecular weight is 415 g/mol. The Morgan fingerprint density at radius 2 is 1.64 bits per heavy atom. The Morgan fingerprint density at radius 3 is 2.14 bits per heavy atom. The van der Waals surface area contributed by atoms with Crippen molar-refractivity contribution in [3.8, 4) is 0 Å². The molecule has 156 valence electrons. The van der Waals surface area contributed by atoms with Gasteiger partial charge in [0.15, 0.2) is 0 Å². The summed E-state index contributed by atoms with van der Waals surface area (Å²) in [6.45, 7) is 12.3. The van der Waals surface area contributed by atoms with Crippen molar-refractivity contribution in [3.63, 3.8) is 0 Å². The van der Waals surface area contributed by atoms with Gasteiger partial charge < -0.3 is 19.7 Å². The van der Waals surface area contributed by atoms with Crippen LogP contribution in [0, 0.1) is 12.7 Å². The molecule has 0 aliphatic carbocycles. The first-order chi connectivity index (χ1) is 12.6. The van der Waals surface area contributed by atoms with Gasteiger partial charge in [0, 0.05) is 10.6 Å². The Morgan fingerprint density at radius 1 is 1.11 bits per heavy atom. The number of nitrogens with zero attached hydrogens (tertiary/aromatic N) is 1. The fourth-order valence-electron chi connectivity index (χ4n) is 2.89. The quantitative estimate of drug-likeness (QED) is 0.757. The summed E-state index contributed by atoms with van der Waals surface area (Å²) >= 11 is 6.36. The van der Waals surface area contributed by atoms with E-state index in [-0.39, 0.29) is 13.1 Å². The van der Waals surface area contributed by atoms with Gasteiger partial charge in [-0.1, -0.05) is 11.6 Å². The zero-order valence-electron chi connectivity index (χ0n) is 17.4. The van der Waals surface area contributed by atoms with E-state index in [0.717, 1.165) is 0 Å². The number of aryl methyl sites for hydroxylation is 1. The molecule has 1 aromatic carbocycles. The highest BCUT2D eigenvalue weighted by atomic mass is 35.5. The summed E-state index contributed by atoms with van der Waals surface area (Å²) in [6, 6.07) is 2.79. The van der Waals surface area contributed by atoms with E-state index in [2.05, 4.69) is 5.32 Å². The second kappa shape index (κ2) is 7.43. The van der Waals surface area contributed by atoms with Crippen LogP contribution in [0.5, 0.6) is 0 Å². The van der Waals surface area contributed by atoms with Gasteiger partial charge in [0.25, 0.3) is 0 Å². The lowest BCUT2D eigenvalue weighted by molar-refractivity contribution is -0.0230. The van der Waals surface area contributed by atoms with Crippen LogP contribution in [-0.2, 0) is 15.0 Å². The molecular formula is C20H28ClFN2O4. The van der Waals surface area contributed by atoms with E-state index in [1.807, 2.05) is 0 Å². The Balaban J connectivity index is 2.30. The molecule has 1 aliphatic rings. The highest BCUT2D eigenvalue weighted by molar-refractivity contribution is 6.31. The number of benzene rings is 1. The highest BCUT2D eigenvalue weighted by Crippen LogP contribution is 2.38. The molecule has 0 aromatic heterocycles. The molecule has 1 aromatic rings. The van der Waals surface area contributed by atoms with Crippen molar-refractivity contribution in [2.24, 2.45) is 0 Å². The monoisotopic (exact) mass is 414 g/mol. The van der Waals surface area contributed by atoms with Crippen LogP contribution in [0.2, 0.25) is 5.02 Å². The predicted octanol–water partition coefficient (Wildman–Crippen LogP) is 4.76. The lowest BCUT2D eigenvalue weighted by Gasteiger charge is -2.50. The van der Waals surface area contributed by atoms with Gasteiger partial charge in [-0.15, -0.1) is 0 Å². The summed E-state index contributed by atoms with van der Waals surface area (Å²) in [5.74, 6) is -0.444. The smallest absolute Gasteiger partial charge is 0.410 e. The Kier molecular flexibility index (Phi) is 5.91. The van der Waals surface area contributed by atoms with Gasteiger partial charge in [-0.3, -0.25) is 0 Å². The van der Waals surface area contributed by atoms with Crippen molar-refractivity contribution in [3.05, 3.63) is 34.1 Å². The SMILES string of the molecule is Cc1cc(Cl)c(C2(NC(=O)OC(C)(C)C)CN(C(=O)OC(C)(C)C)C2)cc1F. The molecule has 1 fully saturated rings. The van der Waals surface area contributed by atoms with Crippen LogP contribution < -0.4 is 5.32 Å². The van der Waals surface area contributed by atoms with Crippen LogP contribution in [0.25, 0.3) is 0 Å². The fraction of sp³-hybridized carbons (Fsp3) is 0.600. The third-order valence-electron chi connectivity index (χ3n) is 4.08. The van der Waals surface area contributed by atoms with Crippen LogP contribution in [0.15, 0.2) is 12.1 Å². The van der Waals surface area contributed by atoms with Gasteiger partial charge in [0.05, 0.1) is 13.1 Å². The third-order valence-corrected chi connectivity index (χ3v) is 4.39. The topological polar surface area (TPSA) is 67.9 Å². The number of hydrogen-bond donors (Lipinski definition) is 1. The normalized spacial score (nSPS) is 16.2. The van der Waals surface area contributed by atoms with Crippen molar-refractivity contribution >= 4 is 23.8 Å². The largest absolute Gasteiger partial charge is 0.444 e. The first-order valence-corrected chi connectivity index (χ1v) is 9.45. The Hall–Kier alpha value is -2.02. The first-order valence-electron chi connectivity index (χ1n) is 9.07. The third kappa shape index (κ3) is 5.28. The Labute approximate surface area is 170 Å². The summed E-state index contributed by atoms with van der Waals surface area (Å²) in [6.07, 6.45) is -1.19. The number of ether oxygens (including phenoxy) is 2. The summed E-state index contributed by atoms with van der Waals surface area (Å²) < 4.78 is 24.9. The van der Waals surface area contributed by atoms with Crippen molar-refractivity contribution < 1.29 is 23.5 Å². The van der Waals surface area contributed by atoms with Gasteiger partial charge >= 0.3 is 12.2 Å². The molecule has 2 amide bonds.